The first-order valence-electron chi connectivity index (χ1n) is 7.86. The van der Waals surface area contributed by atoms with Crippen LogP contribution in [0.1, 0.15) is 18.0 Å². The van der Waals surface area contributed by atoms with Crippen LogP contribution in [-0.2, 0) is 18.4 Å². The molecular formula is C16H19N7OS. The maximum atomic E-state index is 12.4. The van der Waals surface area contributed by atoms with Gasteiger partial charge in [-0.3, -0.25) is 9.48 Å². The molecule has 1 atom stereocenters. The first kappa shape index (κ1) is 17.2. The lowest BCUT2D eigenvalue weighted by molar-refractivity contribution is -0.119. The Morgan fingerprint density at radius 2 is 2.12 bits per heavy atom. The normalized spacial score (nSPS) is 12.0. The Morgan fingerprint density at radius 3 is 2.80 bits per heavy atom. The van der Waals surface area contributed by atoms with Crippen molar-refractivity contribution in [3.63, 3.8) is 0 Å². The molecule has 0 aliphatic heterocycles. The van der Waals surface area contributed by atoms with Gasteiger partial charge in [0.2, 0.25) is 5.91 Å². The molecule has 3 aromatic rings. The van der Waals surface area contributed by atoms with E-state index in [1.807, 2.05) is 37.4 Å². The average Bonchev–Trinajstić information content (AvgIpc) is 3.29. The number of hydrogen-bond donors (Lipinski definition) is 1. The zero-order valence-electron chi connectivity index (χ0n) is 13.8. The number of carbonyl (C=O) groups excluding carboxylic acids is 1. The standard InChI is InChI=1S/C16H19N7OS/c1-22-12-18-21-16(22)25-9-15(24)20-14(13-5-3-2-4-6-13)7-8-23-11-17-10-19-23/h2-6,10-12,14H,7-9H2,1H3,(H,20,24). The smallest absolute Gasteiger partial charge is 0.230 e. The fourth-order valence-corrected chi connectivity index (χ4v) is 3.09. The largest absolute Gasteiger partial charge is 0.349 e. The molecule has 1 unspecified atom stereocenters. The molecule has 1 amide bonds. The lowest BCUT2D eigenvalue weighted by Crippen LogP contribution is -2.31. The van der Waals surface area contributed by atoms with Crippen molar-refractivity contribution in [1.82, 2.24) is 34.8 Å². The van der Waals surface area contributed by atoms with Crippen molar-refractivity contribution in [2.24, 2.45) is 7.05 Å². The quantitative estimate of drug-likeness (QED) is 0.614. The number of carbonyl (C=O) groups is 1. The molecule has 3 rings (SSSR count). The van der Waals surface area contributed by atoms with E-state index in [9.17, 15) is 4.79 Å². The summed E-state index contributed by atoms with van der Waals surface area (Å²) in [5.41, 5.74) is 1.07. The van der Waals surface area contributed by atoms with E-state index < -0.39 is 0 Å². The van der Waals surface area contributed by atoms with Gasteiger partial charge >= 0.3 is 0 Å². The van der Waals surface area contributed by atoms with E-state index in [0.29, 0.717) is 17.5 Å². The summed E-state index contributed by atoms with van der Waals surface area (Å²) in [6, 6.07) is 9.85. The van der Waals surface area contributed by atoms with Crippen LogP contribution in [0.3, 0.4) is 0 Å². The molecule has 0 radical (unpaired) electrons. The summed E-state index contributed by atoms with van der Waals surface area (Å²) in [4.78, 5) is 16.3. The predicted molar refractivity (Wildman–Crippen MR) is 93.7 cm³/mol. The van der Waals surface area contributed by atoms with Crippen molar-refractivity contribution in [2.75, 3.05) is 5.75 Å². The summed E-state index contributed by atoms with van der Waals surface area (Å²) in [6.07, 6.45) is 5.53. The maximum absolute atomic E-state index is 12.4. The van der Waals surface area contributed by atoms with Crippen LogP contribution >= 0.6 is 11.8 Å². The summed E-state index contributed by atoms with van der Waals surface area (Å²) in [6.45, 7) is 0.677. The first-order chi connectivity index (χ1) is 12.2. The van der Waals surface area contributed by atoms with Gasteiger partial charge in [-0.15, -0.1) is 10.2 Å². The van der Waals surface area contributed by atoms with Crippen LogP contribution in [0.2, 0.25) is 0 Å². The molecule has 1 N–H and O–H groups in total. The van der Waals surface area contributed by atoms with Crippen molar-refractivity contribution in [1.29, 1.82) is 0 Å². The topological polar surface area (TPSA) is 90.5 Å². The van der Waals surface area contributed by atoms with Gasteiger partial charge in [-0.05, 0) is 12.0 Å². The molecule has 0 aliphatic carbocycles. The fraction of sp³-hybridized carbons (Fsp3) is 0.312. The van der Waals surface area contributed by atoms with Crippen molar-refractivity contribution in [3.8, 4) is 0 Å². The molecule has 8 nitrogen and oxygen atoms in total. The van der Waals surface area contributed by atoms with Crippen molar-refractivity contribution >= 4 is 17.7 Å². The van der Waals surface area contributed by atoms with Crippen LogP contribution in [0.4, 0.5) is 0 Å². The average molecular weight is 357 g/mol. The number of nitrogens with one attached hydrogen (secondary N) is 1. The Bertz CT molecular complexity index is 788. The molecular weight excluding hydrogens is 338 g/mol. The van der Waals surface area contributed by atoms with Crippen molar-refractivity contribution < 1.29 is 4.79 Å². The molecule has 0 saturated heterocycles. The van der Waals surface area contributed by atoms with Gasteiger partial charge < -0.3 is 9.88 Å². The van der Waals surface area contributed by atoms with E-state index >= 15 is 0 Å². The second-order valence-electron chi connectivity index (χ2n) is 5.49. The third kappa shape index (κ3) is 4.90. The minimum Gasteiger partial charge on any atom is -0.349 e. The maximum Gasteiger partial charge on any atom is 0.230 e. The minimum atomic E-state index is -0.0852. The highest BCUT2D eigenvalue weighted by atomic mass is 32.2. The molecule has 2 heterocycles. The summed E-state index contributed by atoms with van der Waals surface area (Å²) < 4.78 is 3.55. The highest BCUT2D eigenvalue weighted by Crippen LogP contribution is 2.19. The van der Waals surface area contributed by atoms with E-state index in [1.54, 1.807) is 21.9 Å². The number of nitrogens with zero attached hydrogens (tertiary/aromatic N) is 6. The molecule has 130 valence electrons. The third-order valence-corrected chi connectivity index (χ3v) is 4.69. The number of thioether (sulfide) groups is 1. The van der Waals surface area contributed by atoms with E-state index in [1.165, 1.54) is 18.1 Å². The van der Waals surface area contributed by atoms with Crippen LogP contribution in [-0.4, -0.2) is 41.2 Å². The van der Waals surface area contributed by atoms with E-state index in [0.717, 1.165) is 12.0 Å². The Kier molecular flexibility index (Phi) is 5.78. The van der Waals surface area contributed by atoms with Crippen LogP contribution < -0.4 is 5.32 Å². The van der Waals surface area contributed by atoms with Gasteiger partial charge in [-0.2, -0.15) is 5.10 Å². The second kappa shape index (κ2) is 8.43. The van der Waals surface area contributed by atoms with Gasteiger partial charge in [0.15, 0.2) is 5.16 Å². The van der Waals surface area contributed by atoms with Crippen LogP contribution in [0, 0.1) is 0 Å². The molecule has 0 spiro atoms. The van der Waals surface area contributed by atoms with E-state index in [2.05, 4.69) is 25.6 Å². The SMILES string of the molecule is Cn1cnnc1SCC(=O)NC(CCn1cncn1)c1ccccc1. The van der Waals surface area contributed by atoms with Gasteiger partial charge in [-0.25, -0.2) is 4.98 Å². The summed E-state index contributed by atoms with van der Waals surface area (Å²) in [5, 5.41) is 15.7. The highest BCUT2D eigenvalue weighted by molar-refractivity contribution is 7.99. The van der Waals surface area contributed by atoms with Gasteiger partial charge in [0, 0.05) is 13.6 Å². The molecule has 1 aromatic carbocycles. The predicted octanol–water partition coefficient (Wildman–Crippen LogP) is 1.45. The Labute approximate surface area is 149 Å². The van der Waals surface area contributed by atoms with E-state index in [4.69, 9.17) is 0 Å². The number of aryl methyl sites for hydroxylation is 2. The van der Waals surface area contributed by atoms with Gasteiger partial charge in [0.05, 0.1) is 11.8 Å². The minimum absolute atomic E-state index is 0.0413. The number of aromatic nitrogens is 6. The molecule has 25 heavy (non-hydrogen) atoms. The molecule has 0 fully saturated rings. The van der Waals surface area contributed by atoms with E-state index in [-0.39, 0.29) is 11.9 Å². The van der Waals surface area contributed by atoms with Crippen LogP contribution in [0.15, 0.2) is 54.5 Å². The molecule has 0 saturated carbocycles. The zero-order valence-corrected chi connectivity index (χ0v) is 14.6. The monoisotopic (exact) mass is 357 g/mol. The van der Waals surface area contributed by atoms with Crippen molar-refractivity contribution in [2.45, 2.75) is 24.2 Å². The Hall–Kier alpha value is -2.68. The molecule has 0 aliphatic rings. The summed E-state index contributed by atoms with van der Waals surface area (Å²) in [7, 11) is 1.85. The second-order valence-corrected chi connectivity index (χ2v) is 6.43. The summed E-state index contributed by atoms with van der Waals surface area (Å²) in [5.74, 6) is 0.250. The van der Waals surface area contributed by atoms with Gasteiger partial charge in [0.25, 0.3) is 0 Å². The Morgan fingerprint density at radius 1 is 1.28 bits per heavy atom. The Balaban J connectivity index is 1.60. The highest BCUT2D eigenvalue weighted by Gasteiger charge is 2.15. The molecule has 9 heteroatoms. The zero-order chi connectivity index (χ0) is 17.5. The number of amides is 1. The lowest BCUT2D eigenvalue weighted by Gasteiger charge is -2.19. The van der Waals surface area contributed by atoms with Gasteiger partial charge in [-0.1, -0.05) is 42.1 Å². The first-order valence-corrected chi connectivity index (χ1v) is 8.84. The third-order valence-electron chi connectivity index (χ3n) is 3.65. The molecule has 2 aromatic heterocycles. The van der Waals surface area contributed by atoms with Gasteiger partial charge in [0.1, 0.15) is 19.0 Å². The lowest BCUT2D eigenvalue weighted by atomic mass is 10.0. The number of hydrogen-bond acceptors (Lipinski definition) is 6. The summed E-state index contributed by atoms with van der Waals surface area (Å²) >= 11 is 1.36. The number of benzene rings is 1. The van der Waals surface area contributed by atoms with Crippen LogP contribution in [0.5, 0.6) is 0 Å². The van der Waals surface area contributed by atoms with Crippen LogP contribution in [0.25, 0.3) is 0 Å². The van der Waals surface area contributed by atoms with Crippen molar-refractivity contribution in [3.05, 3.63) is 54.9 Å². The fourth-order valence-electron chi connectivity index (χ4n) is 2.39. The number of rotatable bonds is 8. The molecule has 0 bridgehead atoms.